The molecule has 0 aromatic carbocycles. The van der Waals surface area contributed by atoms with Crippen LogP contribution in [0.1, 0.15) is 38.4 Å². The number of carbonyl (C=O) groups excluding carboxylic acids is 1. The Bertz CT molecular complexity index is 379. The van der Waals surface area contributed by atoms with Gasteiger partial charge in [-0.25, -0.2) is 4.68 Å². The molecule has 82 valence electrons. The maximum atomic E-state index is 11.0. The SMILES string of the molecule is CC(=O)Nc1cc(C)nn1C(C)C1CC1. The highest BCUT2D eigenvalue weighted by Crippen LogP contribution is 2.40. The van der Waals surface area contributed by atoms with Crippen molar-refractivity contribution in [2.75, 3.05) is 5.32 Å². The second-order valence-corrected chi connectivity index (χ2v) is 4.37. The monoisotopic (exact) mass is 207 g/mol. The maximum Gasteiger partial charge on any atom is 0.222 e. The van der Waals surface area contributed by atoms with Gasteiger partial charge >= 0.3 is 0 Å². The molecular formula is C11H17N3O. The number of hydrogen-bond donors (Lipinski definition) is 1. The van der Waals surface area contributed by atoms with Crippen LogP contribution in [0.15, 0.2) is 6.07 Å². The first-order valence-electron chi connectivity index (χ1n) is 5.41. The van der Waals surface area contributed by atoms with E-state index in [1.54, 1.807) is 0 Å². The van der Waals surface area contributed by atoms with E-state index in [0.29, 0.717) is 6.04 Å². The predicted molar refractivity (Wildman–Crippen MR) is 58.7 cm³/mol. The zero-order valence-corrected chi connectivity index (χ0v) is 9.45. The van der Waals surface area contributed by atoms with Crippen LogP contribution in [-0.2, 0) is 4.79 Å². The van der Waals surface area contributed by atoms with Gasteiger partial charge in [-0.2, -0.15) is 5.10 Å². The lowest BCUT2D eigenvalue weighted by Crippen LogP contribution is -2.16. The van der Waals surface area contributed by atoms with Gasteiger partial charge in [-0.1, -0.05) is 0 Å². The molecule has 1 aromatic heterocycles. The molecule has 1 aromatic rings. The Morgan fingerprint density at radius 3 is 2.87 bits per heavy atom. The van der Waals surface area contributed by atoms with Crippen LogP contribution in [0.25, 0.3) is 0 Å². The molecule has 2 rings (SSSR count). The fourth-order valence-electron chi connectivity index (χ4n) is 1.88. The molecule has 0 saturated heterocycles. The summed E-state index contributed by atoms with van der Waals surface area (Å²) in [6.45, 7) is 5.63. The summed E-state index contributed by atoms with van der Waals surface area (Å²) in [5.74, 6) is 1.51. The highest BCUT2D eigenvalue weighted by molar-refractivity contribution is 5.87. The average Bonchev–Trinajstić information content (AvgIpc) is 2.90. The highest BCUT2D eigenvalue weighted by Gasteiger charge is 2.30. The molecule has 15 heavy (non-hydrogen) atoms. The largest absolute Gasteiger partial charge is 0.311 e. The van der Waals surface area contributed by atoms with Crippen LogP contribution in [0, 0.1) is 12.8 Å². The van der Waals surface area contributed by atoms with Gasteiger partial charge in [-0.3, -0.25) is 4.79 Å². The Kier molecular flexibility index (Phi) is 2.50. The zero-order chi connectivity index (χ0) is 11.0. The number of nitrogens with one attached hydrogen (secondary N) is 1. The maximum absolute atomic E-state index is 11.0. The number of hydrogen-bond acceptors (Lipinski definition) is 2. The standard InChI is InChI=1S/C11H17N3O/c1-7-6-11(12-9(3)15)14(13-7)8(2)10-4-5-10/h6,8,10H,4-5H2,1-3H3,(H,12,15). The third kappa shape index (κ3) is 2.19. The van der Waals surface area contributed by atoms with Crippen molar-refractivity contribution in [1.29, 1.82) is 0 Å². The van der Waals surface area contributed by atoms with Crippen molar-refractivity contribution in [3.05, 3.63) is 11.8 Å². The lowest BCUT2D eigenvalue weighted by molar-refractivity contribution is -0.114. The Labute approximate surface area is 89.7 Å². The first-order valence-corrected chi connectivity index (χ1v) is 5.41. The minimum atomic E-state index is -0.0425. The number of aromatic nitrogens is 2. The summed E-state index contributed by atoms with van der Waals surface area (Å²) < 4.78 is 1.94. The Balaban J connectivity index is 2.23. The molecule has 1 saturated carbocycles. The normalized spacial score (nSPS) is 17.5. The number of rotatable bonds is 3. The van der Waals surface area contributed by atoms with Crippen molar-refractivity contribution in [2.24, 2.45) is 5.92 Å². The topological polar surface area (TPSA) is 46.9 Å². The van der Waals surface area contributed by atoms with Crippen LogP contribution in [0.5, 0.6) is 0 Å². The number of amides is 1. The minimum Gasteiger partial charge on any atom is -0.311 e. The van der Waals surface area contributed by atoms with Crippen molar-refractivity contribution in [1.82, 2.24) is 9.78 Å². The van der Waals surface area contributed by atoms with E-state index in [4.69, 9.17) is 0 Å². The molecule has 0 aliphatic heterocycles. The van der Waals surface area contributed by atoms with Gasteiger partial charge in [0.2, 0.25) is 5.91 Å². The molecule has 1 amide bonds. The first kappa shape index (κ1) is 10.2. The van der Waals surface area contributed by atoms with Gasteiger partial charge in [-0.15, -0.1) is 0 Å². The minimum absolute atomic E-state index is 0.0425. The fraction of sp³-hybridized carbons (Fsp3) is 0.636. The summed E-state index contributed by atoms with van der Waals surface area (Å²) in [6, 6.07) is 2.31. The second-order valence-electron chi connectivity index (χ2n) is 4.37. The van der Waals surface area contributed by atoms with E-state index < -0.39 is 0 Å². The van der Waals surface area contributed by atoms with Gasteiger partial charge < -0.3 is 5.32 Å². The van der Waals surface area contributed by atoms with E-state index in [9.17, 15) is 4.79 Å². The molecule has 0 radical (unpaired) electrons. The molecule has 4 heteroatoms. The quantitative estimate of drug-likeness (QED) is 0.825. The van der Waals surface area contributed by atoms with Crippen molar-refractivity contribution in [2.45, 2.75) is 39.7 Å². The van der Waals surface area contributed by atoms with E-state index in [0.717, 1.165) is 17.4 Å². The molecule has 0 bridgehead atoms. The van der Waals surface area contributed by atoms with Gasteiger partial charge in [0.1, 0.15) is 5.82 Å². The Morgan fingerprint density at radius 1 is 1.67 bits per heavy atom. The lowest BCUT2D eigenvalue weighted by atomic mass is 10.2. The summed E-state index contributed by atoms with van der Waals surface area (Å²) >= 11 is 0. The van der Waals surface area contributed by atoms with E-state index in [-0.39, 0.29) is 5.91 Å². The fourth-order valence-corrected chi connectivity index (χ4v) is 1.88. The summed E-state index contributed by atoms with van der Waals surface area (Å²) in [4.78, 5) is 11.0. The molecule has 1 heterocycles. The van der Waals surface area contributed by atoms with E-state index in [2.05, 4.69) is 17.3 Å². The molecule has 1 N–H and O–H groups in total. The third-order valence-corrected chi connectivity index (χ3v) is 2.85. The third-order valence-electron chi connectivity index (χ3n) is 2.85. The molecule has 1 aliphatic rings. The number of anilines is 1. The second kappa shape index (κ2) is 3.68. The summed E-state index contributed by atoms with van der Waals surface area (Å²) in [6.07, 6.45) is 2.55. The molecule has 1 aliphatic carbocycles. The summed E-state index contributed by atoms with van der Waals surface area (Å²) in [7, 11) is 0. The highest BCUT2D eigenvalue weighted by atomic mass is 16.1. The smallest absolute Gasteiger partial charge is 0.222 e. The molecule has 1 fully saturated rings. The van der Waals surface area contributed by atoms with Gasteiger partial charge in [0.25, 0.3) is 0 Å². The number of aryl methyl sites for hydroxylation is 1. The van der Waals surface area contributed by atoms with Crippen LogP contribution >= 0.6 is 0 Å². The van der Waals surface area contributed by atoms with Crippen LogP contribution in [0.3, 0.4) is 0 Å². The van der Waals surface area contributed by atoms with Crippen LogP contribution in [-0.4, -0.2) is 15.7 Å². The molecule has 1 atom stereocenters. The van der Waals surface area contributed by atoms with Crippen molar-refractivity contribution < 1.29 is 4.79 Å². The summed E-state index contributed by atoms with van der Waals surface area (Å²) in [5, 5.41) is 7.25. The van der Waals surface area contributed by atoms with Crippen LogP contribution in [0.2, 0.25) is 0 Å². The Morgan fingerprint density at radius 2 is 2.33 bits per heavy atom. The predicted octanol–water partition coefficient (Wildman–Crippen LogP) is 2.12. The van der Waals surface area contributed by atoms with E-state index in [1.165, 1.54) is 19.8 Å². The lowest BCUT2D eigenvalue weighted by Gasteiger charge is -2.14. The zero-order valence-electron chi connectivity index (χ0n) is 9.45. The van der Waals surface area contributed by atoms with E-state index >= 15 is 0 Å². The van der Waals surface area contributed by atoms with Crippen LogP contribution < -0.4 is 5.32 Å². The van der Waals surface area contributed by atoms with Crippen molar-refractivity contribution >= 4 is 11.7 Å². The average molecular weight is 207 g/mol. The molecule has 4 nitrogen and oxygen atoms in total. The van der Waals surface area contributed by atoms with Gasteiger partial charge in [0.05, 0.1) is 11.7 Å². The summed E-state index contributed by atoms with van der Waals surface area (Å²) in [5.41, 5.74) is 0.950. The van der Waals surface area contributed by atoms with E-state index in [1.807, 2.05) is 17.7 Å². The molecule has 1 unspecified atom stereocenters. The van der Waals surface area contributed by atoms with Gasteiger partial charge in [-0.05, 0) is 32.6 Å². The Hall–Kier alpha value is -1.32. The van der Waals surface area contributed by atoms with Gasteiger partial charge in [0.15, 0.2) is 0 Å². The van der Waals surface area contributed by atoms with Crippen molar-refractivity contribution in [3.63, 3.8) is 0 Å². The van der Waals surface area contributed by atoms with Gasteiger partial charge in [0, 0.05) is 13.0 Å². The molecule has 0 spiro atoms. The first-order chi connectivity index (χ1) is 7.08. The molecular weight excluding hydrogens is 190 g/mol. The number of nitrogens with zero attached hydrogens (tertiary/aromatic N) is 2. The van der Waals surface area contributed by atoms with Crippen molar-refractivity contribution in [3.8, 4) is 0 Å². The van der Waals surface area contributed by atoms with Crippen LogP contribution in [0.4, 0.5) is 5.82 Å². The number of carbonyl (C=O) groups is 1.